The molecule has 0 saturated heterocycles. The van der Waals surface area contributed by atoms with Crippen LogP contribution in [0.5, 0.6) is 0 Å². The maximum absolute atomic E-state index is 4.03. The highest BCUT2D eigenvalue weighted by molar-refractivity contribution is 5.15. The van der Waals surface area contributed by atoms with E-state index in [1.807, 2.05) is 13.0 Å². The summed E-state index contributed by atoms with van der Waals surface area (Å²) in [5.74, 6) is 2.80. The first-order valence-corrected chi connectivity index (χ1v) is 5.80. The molecule has 2 saturated carbocycles. The van der Waals surface area contributed by atoms with Crippen LogP contribution in [0.1, 0.15) is 33.1 Å². The van der Waals surface area contributed by atoms with Gasteiger partial charge in [-0.2, -0.15) is 0 Å². The van der Waals surface area contributed by atoms with E-state index in [2.05, 4.69) is 24.9 Å². The lowest BCUT2D eigenvalue weighted by atomic mass is 9.86. The van der Waals surface area contributed by atoms with Crippen molar-refractivity contribution in [1.29, 1.82) is 0 Å². The average Bonchev–Trinajstić information content (AvgIpc) is 2.89. The average molecular weight is 191 g/mol. The number of allylic oxidation sites excluding steroid dienone is 2. The Balaban J connectivity index is 1.92. The van der Waals surface area contributed by atoms with Crippen molar-refractivity contribution >= 4 is 0 Å². The molecular weight excluding hydrogens is 170 g/mol. The van der Waals surface area contributed by atoms with Crippen molar-refractivity contribution in [1.82, 2.24) is 5.32 Å². The minimum atomic E-state index is 0.692. The summed E-state index contributed by atoms with van der Waals surface area (Å²) in [5, 5.41) is 3.58. The van der Waals surface area contributed by atoms with E-state index in [1.165, 1.54) is 19.3 Å². The minimum absolute atomic E-state index is 0.692. The second-order valence-corrected chi connectivity index (χ2v) is 4.91. The fourth-order valence-corrected chi connectivity index (χ4v) is 2.83. The summed E-state index contributed by atoms with van der Waals surface area (Å²) in [7, 11) is 0. The van der Waals surface area contributed by atoms with Crippen molar-refractivity contribution in [3.63, 3.8) is 0 Å². The van der Waals surface area contributed by atoms with Crippen LogP contribution in [-0.2, 0) is 0 Å². The van der Waals surface area contributed by atoms with Crippen LogP contribution in [0.3, 0.4) is 0 Å². The smallest absolute Gasteiger partial charge is 0.0317 e. The summed E-state index contributed by atoms with van der Waals surface area (Å²) >= 11 is 0. The van der Waals surface area contributed by atoms with Gasteiger partial charge in [0.05, 0.1) is 0 Å². The number of fused-ring (bicyclic) bond motifs is 1. The highest BCUT2D eigenvalue weighted by Crippen LogP contribution is 2.51. The molecular formula is C13H21N. The van der Waals surface area contributed by atoms with Crippen LogP contribution in [0.15, 0.2) is 24.4 Å². The van der Waals surface area contributed by atoms with Crippen LogP contribution in [0.25, 0.3) is 0 Å². The predicted octanol–water partition coefficient (Wildman–Crippen LogP) is 3.10. The van der Waals surface area contributed by atoms with Gasteiger partial charge in [-0.25, -0.2) is 0 Å². The molecule has 1 nitrogen and oxygen atoms in total. The van der Waals surface area contributed by atoms with Crippen molar-refractivity contribution in [3.05, 3.63) is 24.4 Å². The Morgan fingerprint density at radius 2 is 2.21 bits per heavy atom. The van der Waals surface area contributed by atoms with Crippen LogP contribution >= 0.6 is 0 Å². The summed E-state index contributed by atoms with van der Waals surface area (Å²) in [4.78, 5) is 0. The highest BCUT2D eigenvalue weighted by Gasteiger charge is 2.47. The van der Waals surface area contributed by atoms with E-state index in [1.54, 1.807) is 0 Å². The van der Waals surface area contributed by atoms with Crippen LogP contribution in [-0.4, -0.2) is 6.04 Å². The first-order chi connectivity index (χ1) is 6.72. The highest BCUT2D eigenvalue weighted by atomic mass is 15.0. The lowest BCUT2D eigenvalue weighted by Gasteiger charge is -2.30. The summed E-state index contributed by atoms with van der Waals surface area (Å²) in [6, 6.07) is 0.692. The number of hydrogen-bond donors (Lipinski definition) is 1. The van der Waals surface area contributed by atoms with Crippen molar-refractivity contribution < 1.29 is 0 Å². The number of rotatable bonds is 3. The lowest BCUT2D eigenvalue weighted by Crippen LogP contribution is -2.38. The Morgan fingerprint density at radius 1 is 1.43 bits per heavy atom. The van der Waals surface area contributed by atoms with E-state index in [0.717, 1.165) is 23.5 Å². The van der Waals surface area contributed by atoms with Crippen molar-refractivity contribution in [3.8, 4) is 0 Å². The second-order valence-electron chi connectivity index (χ2n) is 4.91. The molecule has 0 radical (unpaired) electrons. The first-order valence-electron chi connectivity index (χ1n) is 5.80. The van der Waals surface area contributed by atoms with Gasteiger partial charge in [-0.1, -0.05) is 19.6 Å². The van der Waals surface area contributed by atoms with Crippen LogP contribution in [0.2, 0.25) is 0 Å². The molecule has 2 aliphatic carbocycles. The van der Waals surface area contributed by atoms with E-state index in [9.17, 15) is 0 Å². The van der Waals surface area contributed by atoms with Gasteiger partial charge in [-0.3, -0.25) is 0 Å². The number of hydrogen-bond acceptors (Lipinski definition) is 1. The van der Waals surface area contributed by atoms with Crippen LogP contribution in [0.4, 0.5) is 0 Å². The Bertz CT molecular complexity index is 252. The molecule has 0 spiro atoms. The summed E-state index contributed by atoms with van der Waals surface area (Å²) in [5.41, 5.74) is 1.08. The van der Waals surface area contributed by atoms with Gasteiger partial charge in [0.25, 0.3) is 0 Å². The largest absolute Gasteiger partial charge is 0.382 e. The van der Waals surface area contributed by atoms with E-state index in [4.69, 9.17) is 0 Å². The zero-order valence-electron chi connectivity index (χ0n) is 9.29. The van der Waals surface area contributed by atoms with E-state index < -0.39 is 0 Å². The summed E-state index contributed by atoms with van der Waals surface area (Å²) < 4.78 is 0. The molecule has 0 aliphatic heterocycles. The Hall–Kier alpha value is -0.720. The standard InChI is InChI=1S/C13H21N/c1-4-5-10(3)14-13-9(2)6-7-11-8-12(11)13/h4-5,9,11-14H,3,6-8H2,1-2H3/b5-4-. The van der Waals surface area contributed by atoms with Crippen molar-refractivity contribution in [2.75, 3.05) is 0 Å². The molecule has 0 amide bonds. The normalized spacial score (nSPS) is 40.7. The fraction of sp³-hybridized carbons (Fsp3) is 0.692. The van der Waals surface area contributed by atoms with E-state index in [0.29, 0.717) is 6.04 Å². The van der Waals surface area contributed by atoms with Crippen molar-refractivity contribution in [2.45, 2.75) is 39.2 Å². The quantitative estimate of drug-likeness (QED) is 0.676. The molecule has 2 fully saturated rings. The third-order valence-electron chi connectivity index (χ3n) is 3.76. The molecule has 4 unspecified atom stereocenters. The maximum Gasteiger partial charge on any atom is 0.0317 e. The molecule has 0 aromatic carbocycles. The zero-order chi connectivity index (χ0) is 10.1. The van der Waals surface area contributed by atoms with Gasteiger partial charge in [0.15, 0.2) is 0 Å². The van der Waals surface area contributed by atoms with Gasteiger partial charge in [-0.15, -0.1) is 0 Å². The van der Waals surface area contributed by atoms with Gasteiger partial charge in [0, 0.05) is 11.7 Å². The van der Waals surface area contributed by atoms with Crippen LogP contribution in [0, 0.1) is 17.8 Å². The van der Waals surface area contributed by atoms with Gasteiger partial charge in [-0.05, 0) is 50.0 Å². The lowest BCUT2D eigenvalue weighted by molar-refractivity contribution is 0.282. The molecule has 1 N–H and O–H groups in total. The Labute approximate surface area is 87.3 Å². The number of nitrogens with one attached hydrogen (secondary N) is 1. The molecule has 2 aliphatic rings. The Morgan fingerprint density at radius 3 is 2.93 bits per heavy atom. The zero-order valence-corrected chi connectivity index (χ0v) is 9.29. The topological polar surface area (TPSA) is 12.0 Å². The van der Waals surface area contributed by atoms with E-state index in [-0.39, 0.29) is 0 Å². The molecule has 0 aromatic heterocycles. The first kappa shape index (κ1) is 9.82. The third-order valence-corrected chi connectivity index (χ3v) is 3.76. The van der Waals surface area contributed by atoms with Gasteiger partial charge >= 0.3 is 0 Å². The molecule has 0 aromatic rings. The molecule has 78 valence electrons. The van der Waals surface area contributed by atoms with Gasteiger partial charge < -0.3 is 5.32 Å². The van der Waals surface area contributed by atoms with Crippen LogP contribution < -0.4 is 5.32 Å². The maximum atomic E-state index is 4.03. The molecule has 1 heteroatoms. The summed E-state index contributed by atoms with van der Waals surface area (Å²) in [6.07, 6.45) is 8.42. The predicted molar refractivity (Wildman–Crippen MR) is 60.9 cm³/mol. The Kier molecular flexibility index (Phi) is 2.66. The minimum Gasteiger partial charge on any atom is -0.382 e. The molecule has 0 bridgehead atoms. The van der Waals surface area contributed by atoms with E-state index >= 15 is 0 Å². The molecule has 0 heterocycles. The fourth-order valence-electron chi connectivity index (χ4n) is 2.83. The SMILES string of the molecule is C=C(/C=C\C)NC1C(C)CCC2CC21. The molecule has 4 atom stereocenters. The molecule has 14 heavy (non-hydrogen) atoms. The monoisotopic (exact) mass is 191 g/mol. The van der Waals surface area contributed by atoms with Crippen molar-refractivity contribution in [2.24, 2.45) is 17.8 Å². The van der Waals surface area contributed by atoms with Gasteiger partial charge in [0.2, 0.25) is 0 Å². The third kappa shape index (κ3) is 1.87. The van der Waals surface area contributed by atoms with Gasteiger partial charge in [0.1, 0.15) is 0 Å². The molecule has 2 rings (SSSR count). The summed E-state index contributed by atoms with van der Waals surface area (Å²) in [6.45, 7) is 8.44. The second kappa shape index (κ2) is 3.80.